The van der Waals surface area contributed by atoms with Crippen molar-refractivity contribution < 1.29 is 13.2 Å². The minimum Gasteiger partial charge on any atom is -0.381 e. The molecule has 0 aromatic rings. The van der Waals surface area contributed by atoms with Crippen LogP contribution in [0, 0.1) is 5.92 Å². The second-order valence-corrected chi connectivity index (χ2v) is 7.03. The number of nitrogens with zero attached hydrogens (tertiary/aromatic N) is 1. The molecule has 2 aliphatic rings. The molecule has 0 radical (unpaired) electrons. The van der Waals surface area contributed by atoms with Gasteiger partial charge in [-0.2, -0.15) is 4.31 Å². The van der Waals surface area contributed by atoms with Crippen LogP contribution in [0.25, 0.3) is 0 Å². The Hall–Kier alpha value is -0.170. The third-order valence-corrected chi connectivity index (χ3v) is 5.92. The van der Waals surface area contributed by atoms with E-state index in [0.29, 0.717) is 39.1 Å². The minimum absolute atomic E-state index is 0.0189. The summed E-state index contributed by atoms with van der Waals surface area (Å²) in [6, 6.07) is -0.0189. The lowest BCUT2D eigenvalue weighted by Gasteiger charge is -2.27. The average molecular weight is 248 g/mol. The highest BCUT2D eigenvalue weighted by Gasteiger charge is 2.39. The topological polar surface area (TPSA) is 72.6 Å². The van der Waals surface area contributed by atoms with E-state index in [4.69, 9.17) is 10.5 Å². The molecule has 2 unspecified atom stereocenters. The van der Waals surface area contributed by atoms with Gasteiger partial charge >= 0.3 is 0 Å². The van der Waals surface area contributed by atoms with Gasteiger partial charge in [-0.25, -0.2) is 8.42 Å². The highest BCUT2D eigenvalue weighted by molar-refractivity contribution is 7.89. The zero-order chi connectivity index (χ0) is 11.8. The number of rotatable bonds is 2. The molecule has 0 amide bonds. The zero-order valence-electron chi connectivity index (χ0n) is 9.63. The maximum atomic E-state index is 12.3. The van der Waals surface area contributed by atoms with Crippen molar-refractivity contribution in [3.05, 3.63) is 0 Å². The summed E-state index contributed by atoms with van der Waals surface area (Å²) >= 11 is 0. The summed E-state index contributed by atoms with van der Waals surface area (Å²) in [5.41, 5.74) is 5.86. The number of nitrogens with two attached hydrogens (primary N) is 1. The van der Waals surface area contributed by atoms with Gasteiger partial charge in [0.25, 0.3) is 0 Å². The van der Waals surface area contributed by atoms with Gasteiger partial charge in [-0.15, -0.1) is 0 Å². The van der Waals surface area contributed by atoms with E-state index < -0.39 is 10.0 Å². The van der Waals surface area contributed by atoms with Gasteiger partial charge in [0.2, 0.25) is 10.0 Å². The molecule has 0 aliphatic carbocycles. The molecule has 0 aromatic heterocycles. The number of hydrogen-bond acceptors (Lipinski definition) is 4. The van der Waals surface area contributed by atoms with E-state index in [2.05, 4.69) is 0 Å². The largest absolute Gasteiger partial charge is 0.381 e. The normalized spacial score (nSPS) is 34.4. The highest BCUT2D eigenvalue weighted by atomic mass is 32.2. The van der Waals surface area contributed by atoms with E-state index in [1.165, 1.54) is 0 Å². The van der Waals surface area contributed by atoms with Crippen LogP contribution in [-0.4, -0.2) is 50.3 Å². The Labute approximate surface area is 97.0 Å². The van der Waals surface area contributed by atoms with Crippen LogP contribution in [0.4, 0.5) is 0 Å². The Morgan fingerprint density at radius 2 is 1.88 bits per heavy atom. The molecule has 5 nitrogen and oxygen atoms in total. The lowest BCUT2D eigenvalue weighted by atomic mass is 10.1. The van der Waals surface area contributed by atoms with Gasteiger partial charge in [-0.3, -0.25) is 0 Å². The van der Waals surface area contributed by atoms with Crippen molar-refractivity contribution in [1.82, 2.24) is 4.31 Å². The molecular weight excluding hydrogens is 228 g/mol. The van der Waals surface area contributed by atoms with E-state index in [-0.39, 0.29) is 17.2 Å². The van der Waals surface area contributed by atoms with Crippen LogP contribution in [0.3, 0.4) is 0 Å². The number of sulfonamides is 1. The van der Waals surface area contributed by atoms with Crippen LogP contribution in [0.2, 0.25) is 0 Å². The van der Waals surface area contributed by atoms with Crippen molar-refractivity contribution in [3.8, 4) is 0 Å². The summed E-state index contributed by atoms with van der Waals surface area (Å²) in [4.78, 5) is 0. The van der Waals surface area contributed by atoms with Gasteiger partial charge < -0.3 is 10.5 Å². The van der Waals surface area contributed by atoms with Gasteiger partial charge in [0.05, 0.1) is 5.25 Å². The van der Waals surface area contributed by atoms with Crippen LogP contribution in [0.1, 0.15) is 19.8 Å². The average Bonchev–Trinajstić information content (AvgIpc) is 2.61. The predicted molar refractivity (Wildman–Crippen MR) is 61.5 cm³/mol. The van der Waals surface area contributed by atoms with Crippen molar-refractivity contribution in [2.75, 3.05) is 26.3 Å². The van der Waals surface area contributed by atoms with Gasteiger partial charge in [-0.1, -0.05) is 6.92 Å². The monoisotopic (exact) mass is 248 g/mol. The summed E-state index contributed by atoms with van der Waals surface area (Å²) in [6.45, 7) is 4.16. The Morgan fingerprint density at radius 1 is 1.25 bits per heavy atom. The quantitative estimate of drug-likeness (QED) is 0.733. The van der Waals surface area contributed by atoms with Crippen LogP contribution in [-0.2, 0) is 14.8 Å². The number of ether oxygens (including phenoxy) is 1. The summed E-state index contributed by atoms with van der Waals surface area (Å²) < 4.78 is 31.3. The molecule has 2 aliphatic heterocycles. The van der Waals surface area contributed by atoms with Crippen molar-refractivity contribution in [3.63, 3.8) is 0 Å². The smallest absolute Gasteiger partial charge is 0.217 e. The molecule has 2 fully saturated rings. The second kappa shape index (κ2) is 4.60. The van der Waals surface area contributed by atoms with Crippen LogP contribution in [0.5, 0.6) is 0 Å². The van der Waals surface area contributed by atoms with Crippen LogP contribution >= 0.6 is 0 Å². The van der Waals surface area contributed by atoms with Crippen molar-refractivity contribution >= 4 is 10.0 Å². The van der Waals surface area contributed by atoms with E-state index in [9.17, 15) is 8.42 Å². The van der Waals surface area contributed by atoms with E-state index in [1.54, 1.807) is 4.31 Å². The van der Waals surface area contributed by atoms with E-state index >= 15 is 0 Å². The summed E-state index contributed by atoms with van der Waals surface area (Å²) in [5, 5.41) is -0.265. The molecule has 0 bridgehead atoms. The fourth-order valence-electron chi connectivity index (χ4n) is 2.34. The van der Waals surface area contributed by atoms with E-state index in [1.807, 2.05) is 6.92 Å². The van der Waals surface area contributed by atoms with Crippen LogP contribution in [0.15, 0.2) is 0 Å². The third kappa shape index (κ3) is 2.25. The molecule has 2 saturated heterocycles. The van der Waals surface area contributed by atoms with Crippen molar-refractivity contribution in [1.29, 1.82) is 0 Å². The standard InChI is InChI=1S/C10H20N2O3S/c1-8-6-12(7-10(8)11)16(13,14)9-2-4-15-5-3-9/h8-10H,2-7,11H2,1H3. The first-order valence-electron chi connectivity index (χ1n) is 5.84. The predicted octanol–water partition coefficient (Wildman–Crippen LogP) is -0.226. The van der Waals surface area contributed by atoms with Crippen molar-refractivity contribution in [2.24, 2.45) is 11.7 Å². The Balaban J connectivity index is 2.07. The van der Waals surface area contributed by atoms with Gasteiger partial charge in [0, 0.05) is 32.3 Å². The molecule has 2 atom stereocenters. The first-order chi connectivity index (χ1) is 7.51. The number of hydrogen-bond donors (Lipinski definition) is 1. The zero-order valence-corrected chi connectivity index (χ0v) is 10.4. The van der Waals surface area contributed by atoms with E-state index in [0.717, 1.165) is 0 Å². The molecular formula is C10H20N2O3S. The minimum atomic E-state index is -3.15. The molecule has 2 heterocycles. The molecule has 16 heavy (non-hydrogen) atoms. The van der Waals surface area contributed by atoms with Crippen molar-refractivity contribution in [2.45, 2.75) is 31.1 Å². The Morgan fingerprint density at radius 3 is 2.38 bits per heavy atom. The molecule has 2 rings (SSSR count). The molecule has 2 N–H and O–H groups in total. The van der Waals surface area contributed by atoms with Gasteiger partial charge in [0.15, 0.2) is 0 Å². The van der Waals surface area contributed by atoms with Gasteiger partial charge in [-0.05, 0) is 18.8 Å². The summed E-state index contributed by atoms with van der Waals surface area (Å²) in [7, 11) is -3.15. The molecule has 94 valence electrons. The highest BCUT2D eigenvalue weighted by Crippen LogP contribution is 2.25. The fourth-order valence-corrected chi connectivity index (χ4v) is 4.37. The first kappa shape index (κ1) is 12.3. The SMILES string of the molecule is CC1CN(S(=O)(=O)C2CCOCC2)CC1N. The molecule has 0 aromatic carbocycles. The fraction of sp³-hybridized carbons (Fsp3) is 1.00. The Kier molecular flexibility index (Phi) is 3.53. The maximum absolute atomic E-state index is 12.3. The Bertz CT molecular complexity index is 328. The second-order valence-electron chi connectivity index (χ2n) is 4.81. The first-order valence-corrected chi connectivity index (χ1v) is 7.34. The summed E-state index contributed by atoms with van der Waals surface area (Å²) in [5.74, 6) is 0.259. The maximum Gasteiger partial charge on any atom is 0.217 e. The van der Waals surface area contributed by atoms with Gasteiger partial charge in [0.1, 0.15) is 0 Å². The third-order valence-electron chi connectivity index (χ3n) is 3.59. The molecule has 0 spiro atoms. The lowest BCUT2D eigenvalue weighted by molar-refractivity contribution is 0.0973. The van der Waals surface area contributed by atoms with Crippen LogP contribution < -0.4 is 5.73 Å². The summed E-state index contributed by atoms with van der Waals surface area (Å²) in [6.07, 6.45) is 1.23. The molecule has 6 heteroatoms. The molecule has 0 saturated carbocycles. The lowest BCUT2D eigenvalue weighted by Crippen LogP contribution is -2.41.